The molecule has 0 radical (unpaired) electrons. The number of hydrogen-bond acceptors (Lipinski definition) is 3. The summed E-state index contributed by atoms with van der Waals surface area (Å²) in [5.74, 6) is 0.964. The monoisotopic (exact) mass is 260 g/mol. The normalized spacial score (nSPS) is 10.8. The minimum absolute atomic E-state index is 0.0420. The number of nitrogens with zero attached hydrogens (tertiary/aromatic N) is 1. The number of hydrogen-bond donors (Lipinski definition) is 3. The number of nitrogens with one attached hydrogen (secondary N) is 3. The summed E-state index contributed by atoms with van der Waals surface area (Å²) in [6.07, 6.45) is 0.825. The van der Waals surface area contributed by atoms with E-state index >= 15 is 0 Å². The minimum atomic E-state index is 0.0420. The number of amides is 1. The van der Waals surface area contributed by atoms with E-state index in [4.69, 9.17) is 0 Å². The molecule has 0 unspecified atom stereocenters. The molecule has 1 aromatic heterocycles. The second-order valence-corrected chi connectivity index (χ2v) is 4.55. The van der Waals surface area contributed by atoms with E-state index in [0.717, 1.165) is 29.8 Å². The van der Waals surface area contributed by atoms with Crippen molar-refractivity contribution in [1.82, 2.24) is 20.6 Å². The molecule has 0 aliphatic rings. The second kappa shape index (κ2) is 6.33. The maximum absolute atomic E-state index is 11.4. The van der Waals surface area contributed by atoms with E-state index in [9.17, 15) is 4.79 Å². The number of H-pyrrole nitrogens is 1. The van der Waals surface area contributed by atoms with Crippen molar-refractivity contribution >= 4 is 16.9 Å². The molecule has 2 rings (SSSR count). The Morgan fingerprint density at radius 1 is 1.42 bits per heavy atom. The van der Waals surface area contributed by atoms with Crippen molar-refractivity contribution < 1.29 is 4.79 Å². The number of aromatic amines is 1. The van der Waals surface area contributed by atoms with Gasteiger partial charge in [0.2, 0.25) is 5.91 Å². The van der Waals surface area contributed by atoms with Gasteiger partial charge in [0, 0.05) is 6.54 Å². The first-order chi connectivity index (χ1) is 9.19. The van der Waals surface area contributed by atoms with Crippen molar-refractivity contribution in [2.45, 2.75) is 20.3 Å². The number of rotatable bonds is 6. The van der Waals surface area contributed by atoms with Crippen LogP contribution in [0, 0.1) is 6.92 Å². The number of carbonyl (C=O) groups excluding carboxylic acids is 1. The lowest BCUT2D eigenvalue weighted by molar-refractivity contribution is -0.120. The Morgan fingerprint density at radius 3 is 3.05 bits per heavy atom. The third-order valence-electron chi connectivity index (χ3n) is 2.94. The molecule has 3 N–H and O–H groups in total. The molecule has 1 heterocycles. The first-order valence-corrected chi connectivity index (χ1v) is 6.61. The van der Waals surface area contributed by atoms with Gasteiger partial charge in [0.15, 0.2) is 0 Å². The predicted octanol–water partition coefficient (Wildman–Crippen LogP) is 1.14. The molecule has 1 amide bonds. The molecule has 0 aliphatic heterocycles. The molecule has 5 nitrogen and oxygen atoms in total. The van der Waals surface area contributed by atoms with Gasteiger partial charge in [0.1, 0.15) is 5.82 Å². The second-order valence-electron chi connectivity index (χ2n) is 4.55. The Balaban J connectivity index is 1.86. The number of fused-ring (bicyclic) bond motifs is 1. The van der Waals surface area contributed by atoms with Crippen LogP contribution in [0.4, 0.5) is 0 Å². The molecule has 0 saturated carbocycles. The van der Waals surface area contributed by atoms with Crippen LogP contribution in [-0.4, -0.2) is 35.5 Å². The molecule has 0 spiro atoms. The maximum atomic E-state index is 11.4. The zero-order chi connectivity index (χ0) is 13.7. The summed E-state index contributed by atoms with van der Waals surface area (Å²) in [7, 11) is 0. The fourth-order valence-electron chi connectivity index (χ4n) is 1.99. The quantitative estimate of drug-likeness (QED) is 0.729. The van der Waals surface area contributed by atoms with Gasteiger partial charge in [-0.05, 0) is 37.6 Å². The number of carbonyl (C=O) groups is 1. The fourth-order valence-corrected chi connectivity index (χ4v) is 1.99. The lowest BCUT2D eigenvalue weighted by Gasteiger charge is -2.05. The molecule has 19 heavy (non-hydrogen) atoms. The number of imidazole rings is 1. The van der Waals surface area contributed by atoms with Gasteiger partial charge in [-0.15, -0.1) is 0 Å². The van der Waals surface area contributed by atoms with Crippen molar-refractivity contribution in [2.75, 3.05) is 19.6 Å². The summed E-state index contributed by atoms with van der Waals surface area (Å²) < 4.78 is 0. The number of likely N-dealkylation sites (N-methyl/N-ethyl adjacent to an activating group) is 1. The highest BCUT2D eigenvalue weighted by Gasteiger charge is 2.02. The fraction of sp³-hybridized carbons (Fsp3) is 0.429. The van der Waals surface area contributed by atoms with Gasteiger partial charge in [0.05, 0.1) is 17.6 Å². The number of benzene rings is 1. The van der Waals surface area contributed by atoms with Gasteiger partial charge in [0.25, 0.3) is 0 Å². The molecule has 102 valence electrons. The highest BCUT2D eigenvalue weighted by Crippen LogP contribution is 2.13. The summed E-state index contributed by atoms with van der Waals surface area (Å²) in [4.78, 5) is 19.0. The van der Waals surface area contributed by atoms with E-state index in [2.05, 4.69) is 32.7 Å². The van der Waals surface area contributed by atoms with E-state index in [1.54, 1.807) is 0 Å². The molecule has 0 aliphatic carbocycles. The van der Waals surface area contributed by atoms with Gasteiger partial charge in [-0.3, -0.25) is 4.79 Å². The molecular formula is C14H20N4O. The zero-order valence-electron chi connectivity index (χ0n) is 11.4. The van der Waals surface area contributed by atoms with Crippen LogP contribution in [-0.2, 0) is 11.2 Å². The molecule has 5 heteroatoms. The van der Waals surface area contributed by atoms with Crippen molar-refractivity contribution in [3.8, 4) is 0 Å². The highest BCUT2D eigenvalue weighted by molar-refractivity contribution is 5.78. The first kappa shape index (κ1) is 13.5. The van der Waals surface area contributed by atoms with Gasteiger partial charge in [-0.2, -0.15) is 0 Å². The number of aryl methyl sites for hydroxylation is 1. The van der Waals surface area contributed by atoms with E-state index in [1.807, 2.05) is 19.9 Å². The molecular weight excluding hydrogens is 240 g/mol. The highest BCUT2D eigenvalue weighted by atomic mass is 16.1. The molecule has 2 aromatic rings. The third kappa shape index (κ3) is 3.79. The van der Waals surface area contributed by atoms with E-state index in [-0.39, 0.29) is 5.91 Å². The minimum Gasteiger partial charge on any atom is -0.355 e. The summed E-state index contributed by atoms with van der Waals surface area (Å²) in [5, 5.41) is 5.89. The summed E-state index contributed by atoms with van der Waals surface area (Å²) in [6.45, 7) is 5.77. The molecule has 0 fully saturated rings. The average Bonchev–Trinajstić information content (AvgIpc) is 2.75. The van der Waals surface area contributed by atoms with Crippen molar-refractivity contribution in [3.63, 3.8) is 0 Å². The molecule has 0 bridgehead atoms. The van der Waals surface area contributed by atoms with Crippen LogP contribution in [0.5, 0.6) is 0 Å². The summed E-state index contributed by atoms with van der Waals surface area (Å²) in [5.41, 5.74) is 3.23. The van der Waals surface area contributed by atoms with Crippen LogP contribution < -0.4 is 10.6 Å². The van der Waals surface area contributed by atoms with Gasteiger partial charge in [-0.25, -0.2) is 4.98 Å². The SMILES string of the molecule is CCNCC(=O)NCCc1ccc2nc(C)[nH]c2c1. The molecule has 0 saturated heterocycles. The van der Waals surface area contributed by atoms with Crippen LogP contribution >= 0.6 is 0 Å². The third-order valence-corrected chi connectivity index (χ3v) is 2.94. The Hall–Kier alpha value is -1.88. The van der Waals surface area contributed by atoms with Crippen LogP contribution in [0.15, 0.2) is 18.2 Å². The van der Waals surface area contributed by atoms with Crippen LogP contribution in [0.1, 0.15) is 18.3 Å². The summed E-state index contributed by atoms with van der Waals surface area (Å²) in [6, 6.07) is 6.15. The van der Waals surface area contributed by atoms with Crippen molar-refractivity contribution in [3.05, 3.63) is 29.6 Å². The first-order valence-electron chi connectivity index (χ1n) is 6.61. The number of aromatic nitrogens is 2. The maximum Gasteiger partial charge on any atom is 0.233 e. The molecule has 1 aromatic carbocycles. The smallest absolute Gasteiger partial charge is 0.233 e. The zero-order valence-corrected chi connectivity index (χ0v) is 11.4. The topological polar surface area (TPSA) is 69.8 Å². The van der Waals surface area contributed by atoms with E-state index in [0.29, 0.717) is 13.1 Å². The Morgan fingerprint density at radius 2 is 2.26 bits per heavy atom. The van der Waals surface area contributed by atoms with Crippen LogP contribution in [0.25, 0.3) is 11.0 Å². The van der Waals surface area contributed by atoms with E-state index in [1.165, 1.54) is 5.56 Å². The van der Waals surface area contributed by atoms with Gasteiger partial charge < -0.3 is 15.6 Å². The Bertz CT molecular complexity index is 562. The lowest BCUT2D eigenvalue weighted by Crippen LogP contribution is -2.34. The van der Waals surface area contributed by atoms with Crippen molar-refractivity contribution in [1.29, 1.82) is 0 Å². The standard InChI is InChI=1S/C14H20N4O/c1-3-15-9-14(19)16-7-6-11-4-5-12-13(8-11)18-10(2)17-12/h4-5,8,15H,3,6-7,9H2,1-2H3,(H,16,19)(H,17,18). The Labute approximate surface area is 112 Å². The van der Waals surface area contributed by atoms with Crippen LogP contribution in [0.2, 0.25) is 0 Å². The van der Waals surface area contributed by atoms with Crippen molar-refractivity contribution in [2.24, 2.45) is 0 Å². The van der Waals surface area contributed by atoms with Crippen LogP contribution in [0.3, 0.4) is 0 Å². The van der Waals surface area contributed by atoms with E-state index < -0.39 is 0 Å². The predicted molar refractivity (Wildman–Crippen MR) is 76.1 cm³/mol. The average molecular weight is 260 g/mol. The molecule has 0 atom stereocenters. The Kier molecular flexibility index (Phi) is 4.52. The lowest BCUT2D eigenvalue weighted by atomic mass is 10.1. The summed E-state index contributed by atoms with van der Waals surface area (Å²) >= 11 is 0. The largest absolute Gasteiger partial charge is 0.355 e. The van der Waals surface area contributed by atoms with Gasteiger partial charge in [-0.1, -0.05) is 13.0 Å². The van der Waals surface area contributed by atoms with Gasteiger partial charge >= 0.3 is 0 Å².